The van der Waals surface area contributed by atoms with E-state index in [1.165, 1.54) is 12.1 Å². The zero-order chi connectivity index (χ0) is 25.1. The van der Waals surface area contributed by atoms with Gasteiger partial charge < -0.3 is 14.8 Å². The minimum absolute atomic E-state index is 0.0167. The Morgan fingerprint density at radius 1 is 0.944 bits per heavy atom. The topological polar surface area (TPSA) is 83.7 Å². The van der Waals surface area contributed by atoms with Crippen LogP contribution in [-0.4, -0.2) is 26.3 Å². The summed E-state index contributed by atoms with van der Waals surface area (Å²) in [5.74, 6) is 0.703. The van der Waals surface area contributed by atoms with E-state index in [1.807, 2.05) is 36.4 Å². The Balaban J connectivity index is 1.41. The number of methoxy groups -OCH3 is 2. The molecule has 0 bridgehead atoms. The van der Waals surface area contributed by atoms with Crippen LogP contribution < -0.4 is 31.0 Å². The van der Waals surface area contributed by atoms with Crippen molar-refractivity contribution in [2.75, 3.05) is 14.2 Å². The number of benzene rings is 3. The quantitative estimate of drug-likeness (QED) is 0.405. The molecule has 8 heteroatoms. The molecule has 3 aromatic rings. The first-order valence-electron chi connectivity index (χ1n) is 12.1. The van der Waals surface area contributed by atoms with Gasteiger partial charge in [0, 0.05) is 24.4 Å². The van der Waals surface area contributed by atoms with Gasteiger partial charge in [-0.05, 0) is 47.4 Å². The molecule has 0 aromatic heterocycles. The number of halogens is 1. The minimum Gasteiger partial charge on any atom is -0.493 e. The van der Waals surface area contributed by atoms with Crippen molar-refractivity contribution >= 4 is 5.91 Å². The molecule has 3 aromatic carbocycles. The standard InChI is InChI=1S/C28H31FN4O3/c1-35-23-13-10-19(14-24(23)36-2)22-15-21(28(34)30-16-17-8-11-20(29)12-9-17)25-26(32-33-27(25)31-22)18-6-4-3-5-7-18/h3-14,21-22,25-27,31-33H,15-16H2,1-2H3,(H,30,34). The summed E-state index contributed by atoms with van der Waals surface area (Å²) < 4.78 is 24.2. The SMILES string of the molecule is COc1ccc(C2CC(C(=O)NCc3ccc(F)cc3)C3C(NNC3c3ccccc3)N2)cc1OC. The van der Waals surface area contributed by atoms with Crippen molar-refractivity contribution in [3.8, 4) is 11.5 Å². The maximum Gasteiger partial charge on any atom is 0.223 e. The lowest BCUT2D eigenvalue weighted by molar-refractivity contribution is -0.129. The van der Waals surface area contributed by atoms with Crippen LogP contribution in [0.3, 0.4) is 0 Å². The van der Waals surface area contributed by atoms with Gasteiger partial charge >= 0.3 is 0 Å². The Hall–Kier alpha value is -3.46. The Morgan fingerprint density at radius 2 is 1.69 bits per heavy atom. The Morgan fingerprint density at radius 3 is 2.42 bits per heavy atom. The monoisotopic (exact) mass is 490 g/mol. The third-order valence-electron chi connectivity index (χ3n) is 7.18. The van der Waals surface area contributed by atoms with Crippen LogP contribution in [0.2, 0.25) is 0 Å². The van der Waals surface area contributed by atoms with E-state index in [4.69, 9.17) is 9.47 Å². The molecule has 2 heterocycles. The highest BCUT2D eigenvalue weighted by Crippen LogP contribution is 2.43. The van der Waals surface area contributed by atoms with Crippen LogP contribution in [0.25, 0.3) is 0 Å². The number of carbonyl (C=O) groups is 1. The molecule has 188 valence electrons. The van der Waals surface area contributed by atoms with Crippen molar-refractivity contribution in [1.82, 2.24) is 21.5 Å². The summed E-state index contributed by atoms with van der Waals surface area (Å²) in [7, 11) is 3.23. The molecule has 36 heavy (non-hydrogen) atoms. The van der Waals surface area contributed by atoms with Gasteiger partial charge in [-0.15, -0.1) is 0 Å². The van der Waals surface area contributed by atoms with Crippen LogP contribution in [0.4, 0.5) is 4.39 Å². The minimum atomic E-state index is -0.294. The second kappa shape index (κ2) is 10.7. The van der Waals surface area contributed by atoms with E-state index in [9.17, 15) is 9.18 Å². The zero-order valence-electron chi connectivity index (χ0n) is 20.3. The number of piperidine rings is 1. The van der Waals surface area contributed by atoms with E-state index >= 15 is 0 Å². The van der Waals surface area contributed by atoms with Crippen molar-refractivity contribution in [2.24, 2.45) is 11.8 Å². The average molecular weight is 491 g/mol. The predicted molar refractivity (Wildman–Crippen MR) is 135 cm³/mol. The smallest absolute Gasteiger partial charge is 0.223 e. The van der Waals surface area contributed by atoms with E-state index in [-0.39, 0.29) is 41.8 Å². The largest absolute Gasteiger partial charge is 0.493 e. The van der Waals surface area contributed by atoms with E-state index in [0.717, 1.165) is 16.7 Å². The second-order valence-electron chi connectivity index (χ2n) is 9.25. The third-order valence-corrected chi connectivity index (χ3v) is 7.18. The molecule has 5 rings (SSSR count). The summed E-state index contributed by atoms with van der Waals surface area (Å²) in [5.41, 5.74) is 9.80. The van der Waals surface area contributed by atoms with Gasteiger partial charge in [0.05, 0.1) is 26.4 Å². The summed E-state index contributed by atoms with van der Waals surface area (Å²) in [6.07, 6.45) is 0.488. The van der Waals surface area contributed by atoms with Gasteiger partial charge in [-0.3, -0.25) is 10.1 Å². The van der Waals surface area contributed by atoms with Crippen LogP contribution in [0.15, 0.2) is 72.8 Å². The first-order valence-corrected chi connectivity index (χ1v) is 12.1. The molecule has 7 nitrogen and oxygen atoms in total. The molecule has 1 amide bonds. The number of hydrazine groups is 1. The molecule has 0 aliphatic carbocycles. The van der Waals surface area contributed by atoms with E-state index in [2.05, 4.69) is 33.6 Å². The molecular formula is C28H31FN4O3. The fraction of sp³-hybridized carbons (Fsp3) is 0.321. The van der Waals surface area contributed by atoms with Crippen LogP contribution in [-0.2, 0) is 11.3 Å². The lowest BCUT2D eigenvalue weighted by atomic mass is 9.74. The molecule has 5 unspecified atom stereocenters. The van der Waals surface area contributed by atoms with Gasteiger partial charge in [0.2, 0.25) is 5.91 Å². The van der Waals surface area contributed by atoms with Crippen molar-refractivity contribution in [3.63, 3.8) is 0 Å². The van der Waals surface area contributed by atoms with Gasteiger partial charge in [-0.25, -0.2) is 15.2 Å². The molecular weight excluding hydrogens is 459 g/mol. The maximum absolute atomic E-state index is 13.6. The Bertz CT molecular complexity index is 1190. The average Bonchev–Trinajstić information content (AvgIpc) is 3.36. The molecule has 0 radical (unpaired) electrons. The van der Waals surface area contributed by atoms with E-state index in [0.29, 0.717) is 24.5 Å². The van der Waals surface area contributed by atoms with Crippen molar-refractivity contribution in [1.29, 1.82) is 0 Å². The van der Waals surface area contributed by atoms with Crippen LogP contribution >= 0.6 is 0 Å². The molecule has 0 spiro atoms. The highest BCUT2D eigenvalue weighted by atomic mass is 19.1. The Kier molecular flexibility index (Phi) is 7.18. The number of rotatable bonds is 7. The fourth-order valence-electron chi connectivity index (χ4n) is 5.35. The molecule has 2 aliphatic rings. The van der Waals surface area contributed by atoms with Crippen molar-refractivity contribution in [2.45, 2.75) is 31.2 Å². The van der Waals surface area contributed by atoms with Crippen LogP contribution in [0.5, 0.6) is 11.5 Å². The lowest BCUT2D eigenvalue weighted by Crippen LogP contribution is -2.54. The summed E-state index contributed by atoms with van der Waals surface area (Å²) in [6.45, 7) is 0.346. The molecule has 4 N–H and O–H groups in total. The zero-order valence-corrected chi connectivity index (χ0v) is 20.3. The van der Waals surface area contributed by atoms with Crippen LogP contribution in [0.1, 0.15) is 35.2 Å². The number of hydrogen-bond donors (Lipinski definition) is 4. The summed E-state index contributed by atoms with van der Waals surface area (Å²) >= 11 is 0. The number of fused-ring (bicyclic) bond motifs is 1. The fourth-order valence-corrected chi connectivity index (χ4v) is 5.35. The van der Waals surface area contributed by atoms with Gasteiger partial charge in [0.25, 0.3) is 0 Å². The summed E-state index contributed by atoms with van der Waals surface area (Å²) in [4.78, 5) is 13.6. The predicted octanol–water partition coefficient (Wildman–Crippen LogP) is 3.60. The first-order chi connectivity index (χ1) is 17.6. The van der Waals surface area contributed by atoms with Gasteiger partial charge in [-0.1, -0.05) is 48.5 Å². The molecule has 2 aliphatic heterocycles. The highest BCUT2D eigenvalue weighted by molar-refractivity contribution is 5.79. The first kappa shape index (κ1) is 24.2. The highest BCUT2D eigenvalue weighted by Gasteiger charge is 2.49. The molecule has 2 saturated heterocycles. The van der Waals surface area contributed by atoms with Gasteiger partial charge in [-0.2, -0.15) is 0 Å². The van der Waals surface area contributed by atoms with Crippen molar-refractivity contribution in [3.05, 3.63) is 95.3 Å². The number of ether oxygens (including phenoxy) is 2. The van der Waals surface area contributed by atoms with Gasteiger partial charge in [0.1, 0.15) is 5.82 Å². The maximum atomic E-state index is 13.6. The molecule has 0 saturated carbocycles. The third kappa shape index (κ3) is 4.93. The second-order valence-corrected chi connectivity index (χ2v) is 9.25. The lowest BCUT2D eigenvalue weighted by Gasteiger charge is -2.40. The van der Waals surface area contributed by atoms with E-state index in [1.54, 1.807) is 26.4 Å². The number of hydrogen-bond acceptors (Lipinski definition) is 6. The number of nitrogens with one attached hydrogen (secondary N) is 4. The summed E-state index contributed by atoms with van der Waals surface area (Å²) in [6, 6.07) is 22.1. The van der Waals surface area contributed by atoms with Crippen molar-refractivity contribution < 1.29 is 18.7 Å². The van der Waals surface area contributed by atoms with Crippen LogP contribution in [0, 0.1) is 17.7 Å². The van der Waals surface area contributed by atoms with Gasteiger partial charge in [0.15, 0.2) is 11.5 Å². The number of carbonyl (C=O) groups excluding carboxylic acids is 1. The Labute approximate surface area is 210 Å². The number of amides is 1. The molecule has 2 fully saturated rings. The molecule has 5 atom stereocenters. The van der Waals surface area contributed by atoms with E-state index < -0.39 is 0 Å². The normalized spacial score (nSPS) is 25.1. The summed E-state index contributed by atoms with van der Waals surface area (Å²) in [5, 5.41) is 6.79.